The van der Waals surface area contributed by atoms with Crippen molar-refractivity contribution in [3.05, 3.63) is 89.7 Å². The molecule has 0 atom stereocenters. The minimum Gasteiger partial charge on any atom is -0.457 e. The first kappa shape index (κ1) is 18.5. The average Bonchev–Trinajstić information content (AvgIpc) is 2.67. The fourth-order valence-corrected chi connectivity index (χ4v) is 2.39. The van der Waals surface area contributed by atoms with E-state index in [4.69, 9.17) is 17.0 Å². The van der Waals surface area contributed by atoms with Crippen LogP contribution in [0.2, 0.25) is 0 Å². The normalized spacial score (nSPS) is 10.6. The fourth-order valence-electron chi connectivity index (χ4n) is 2.22. The molecule has 3 rings (SSSR count). The van der Waals surface area contributed by atoms with Crippen LogP contribution in [-0.2, 0) is 0 Å². The van der Waals surface area contributed by atoms with Gasteiger partial charge < -0.3 is 10.1 Å². The van der Waals surface area contributed by atoms with Gasteiger partial charge in [-0.05, 0) is 85.4 Å². The molecule has 0 aromatic heterocycles. The molecule has 0 aliphatic rings. The molecule has 0 saturated heterocycles. The second kappa shape index (κ2) is 8.91. The number of hydrogen-bond donors (Lipinski definition) is 2. The Morgan fingerprint density at radius 3 is 2.15 bits per heavy atom. The van der Waals surface area contributed by atoms with Crippen molar-refractivity contribution < 1.29 is 9.13 Å². The third kappa shape index (κ3) is 5.90. The van der Waals surface area contributed by atoms with Gasteiger partial charge in [0.05, 0.1) is 6.21 Å². The Labute approximate surface area is 162 Å². The minimum absolute atomic E-state index is 0.299. The van der Waals surface area contributed by atoms with Gasteiger partial charge in [0.25, 0.3) is 0 Å². The van der Waals surface area contributed by atoms with Crippen molar-refractivity contribution in [3.63, 3.8) is 0 Å². The maximum Gasteiger partial charge on any atom is 0.191 e. The van der Waals surface area contributed by atoms with Gasteiger partial charge in [-0.15, -0.1) is 0 Å². The van der Waals surface area contributed by atoms with Crippen LogP contribution in [-0.4, -0.2) is 11.3 Å². The molecule has 3 aromatic carbocycles. The zero-order valence-corrected chi connectivity index (χ0v) is 15.5. The highest BCUT2D eigenvalue weighted by atomic mass is 32.1. The first-order chi connectivity index (χ1) is 13.1. The summed E-state index contributed by atoms with van der Waals surface area (Å²) in [5, 5.41) is 7.32. The number of nitrogens with one attached hydrogen (secondary N) is 2. The average molecular weight is 379 g/mol. The number of benzene rings is 3. The highest BCUT2D eigenvalue weighted by Gasteiger charge is 1.98. The Morgan fingerprint density at radius 2 is 1.52 bits per heavy atom. The lowest BCUT2D eigenvalue weighted by Crippen LogP contribution is -2.23. The predicted octanol–water partition coefficient (Wildman–Crippen LogP) is 5.25. The largest absolute Gasteiger partial charge is 0.457 e. The molecular formula is C21H18FN3OS. The zero-order valence-electron chi connectivity index (χ0n) is 14.6. The van der Waals surface area contributed by atoms with Crippen molar-refractivity contribution in [2.24, 2.45) is 5.10 Å². The van der Waals surface area contributed by atoms with Crippen molar-refractivity contribution in [2.75, 3.05) is 5.32 Å². The summed E-state index contributed by atoms with van der Waals surface area (Å²) in [6, 6.07) is 21.3. The molecular weight excluding hydrogens is 361 g/mol. The van der Waals surface area contributed by atoms with Crippen molar-refractivity contribution in [1.82, 2.24) is 5.43 Å². The van der Waals surface area contributed by atoms with Crippen LogP contribution in [0.1, 0.15) is 11.1 Å². The number of nitrogens with zero attached hydrogens (tertiary/aromatic N) is 1. The molecule has 0 aliphatic heterocycles. The molecule has 136 valence electrons. The van der Waals surface area contributed by atoms with E-state index < -0.39 is 0 Å². The van der Waals surface area contributed by atoms with Gasteiger partial charge in [-0.2, -0.15) is 5.10 Å². The van der Waals surface area contributed by atoms with Crippen molar-refractivity contribution in [2.45, 2.75) is 6.92 Å². The van der Waals surface area contributed by atoms with Crippen LogP contribution in [0.3, 0.4) is 0 Å². The van der Waals surface area contributed by atoms with Crippen LogP contribution in [0.15, 0.2) is 77.9 Å². The van der Waals surface area contributed by atoms with E-state index in [0.717, 1.165) is 17.1 Å². The number of rotatable bonds is 5. The number of hydrogen-bond acceptors (Lipinski definition) is 3. The predicted molar refractivity (Wildman–Crippen MR) is 111 cm³/mol. The van der Waals surface area contributed by atoms with Gasteiger partial charge in [-0.1, -0.05) is 17.7 Å². The van der Waals surface area contributed by atoms with E-state index in [1.165, 1.54) is 17.7 Å². The maximum absolute atomic E-state index is 12.9. The molecule has 0 radical (unpaired) electrons. The third-order valence-electron chi connectivity index (χ3n) is 3.62. The number of thiocarbonyl (C=S) groups is 1. The third-order valence-corrected chi connectivity index (χ3v) is 3.81. The number of halogens is 1. The molecule has 0 aliphatic carbocycles. The lowest BCUT2D eigenvalue weighted by molar-refractivity contribution is 0.482. The van der Waals surface area contributed by atoms with Crippen molar-refractivity contribution in [3.8, 4) is 11.5 Å². The Hall–Kier alpha value is -3.25. The van der Waals surface area contributed by atoms with E-state index >= 15 is 0 Å². The van der Waals surface area contributed by atoms with Gasteiger partial charge in [-0.25, -0.2) is 4.39 Å². The maximum atomic E-state index is 12.9. The topological polar surface area (TPSA) is 45.6 Å². The van der Waals surface area contributed by atoms with Crippen molar-refractivity contribution in [1.29, 1.82) is 0 Å². The first-order valence-corrected chi connectivity index (χ1v) is 8.69. The van der Waals surface area contributed by atoms with Crippen LogP contribution in [0.5, 0.6) is 11.5 Å². The Balaban J connectivity index is 1.50. The molecule has 0 bridgehead atoms. The minimum atomic E-state index is -0.299. The van der Waals surface area contributed by atoms with Gasteiger partial charge in [0.1, 0.15) is 17.3 Å². The molecule has 6 heteroatoms. The van der Waals surface area contributed by atoms with Crippen molar-refractivity contribution >= 4 is 29.2 Å². The number of ether oxygens (including phenoxy) is 1. The van der Waals surface area contributed by atoms with Gasteiger partial charge in [0.2, 0.25) is 0 Å². The van der Waals surface area contributed by atoms with Crippen LogP contribution >= 0.6 is 12.2 Å². The lowest BCUT2D eigenvalue weighted by Gasteiger charge is -2.07. The van der Waals surface area contributed by atoms with Crippen LogP contribution in [0.4, 0.5) is 10.1 Å². The molecule has 0 amide bonds. The molecule has 2 N–H and O–H groups in total. The summed E-state index contributed by atoms with van der Waals surface area (Å²) in [7, 11) is 0. The molecule has 3 aromatic rings. The number of aryl methyl sites for hydroxylation is 1. The summed E-state index contributed by atoms with van der Waals surface area (Å²) < 4.78 is 18.7. The molecule has 27 heavy (non-hydrogen) atoms. The van der Waals surface area contributed by atoms with E-state index in [9.17, 15) is 4.39 Å². The molecule has 0 saturated carbocycles. The van der Waals surface area contributed by atoms with Crippen LogP contribution in [0, 0.1) is 12.7 Å². The van der Waals surface area contributed by atoms with Crippen LogP contribution < -0.4 is 15.5 Å². The number of anilines is 1. The lowest BCUT2D eigenvalue weighted by atomic mass is 10.2. The quantitative estimate of drug-likeness (QED) is 0.361. The van der Waals surface area contributed by atoms with E-state index in [0.29, 0.717) is 10.8 Å². The Kier molecular flexibility index (Phi) is 6.12. The van der Waals surface area contributed by atoms with E-state index in [1.807, 2.05) is 55.5 Å². The summed E-state index contributed by atoms with van der Waals surface area (Å²) in [5.74, 6) is 1.24. The standard InChI is InChI=1S/C21H18FN3OS/c1-15-2-10-19(11-3-15)26-20-12-4-16(5-13-20)14-23-25-21(27)24-18-8-6-17(22)7-9-18/h2-14H,1H3,(H2,24,25,27)/b23-14+. The smallest absolute Gasteiger partial charge is 0.191 e. The summed E-state index contributed by atoms with van der Waals surface area (Å²) >= 11 is 5.14. The highest BCUT2D eigenvalue weighted by Crippen LogP contribution is 2.21. The highest BCUT2D eigenvalue weighted by molar-refractivity contribution is 7.80. The van der Waals surface area contributed by atoms with Gasteiger partial charge in [-0.3, -0.25) is 5.43 Å². The summed E-state index contributed by atoms with van der Waals surface area (Å²) in [5.41, 5.74) is 5.48. The van der Waals surface area contributed by atoms with E-state index in [1.54, 1.807) is 18.3 Å². The van der Waals surface area contributed by atoms with Gasteiger partial charge >= 0.3 is 0 Å². The molecule has 4 nitrogen and oxygen atoms in total. The molecule has 0 heterocycles. The zero-order chi connectivity index (χ0) is 19.1. The van der Waals surface area contributed by atoms with E-state index in [-0.39, 0.29) is 5.82 Å². The second-order valence-electron chi connectivity index (χ2n) is 5.82. The SMILES string of the molecule is Cc1ccc(Oc2ccc(/C=N/NC(=S)Nc3ccc(F)cc3)cc2)cc1. The van der Waals surface area contributed by atoms with E-state index in [2.05, 4.69) is 15.8 Å². The molecule has 0 fully saturated rings. The van der Waals surface area contributed by atoms with Crippen LogP contribution in [0.25, 0.3) is 0 Å². The summed E-state index contributed by atoms with van der Waals surface area (Å²) in [6.07, 6.45) is 1.65. The summed E-state index contributed by atoms with van der Waals surface area (Å²) in [4.78, 5) is 0. The van der Waals surface area contributed by atoms with Gasteiger partial charge in [0.15, 0.2) is 5.11 Å². The Bertz CT molecular complexity index is 923. The van der Waals surface area contributed by atoms with Gasteiger partial charge in [0, 0.05) is 5.69 Å². The molecule has 0 spiro atoms. The Morgan fingerprint density at radius 1 is 0.926 bits per heavy atom. The second-order valence-corrected chi connectivity index (χ2v) is 6.22. The molecule has 0 unspecified atom stereocenters. The first-order valence-electron chi connectivity index (χ1n) is 8.29. The monoisotopic (exact) mass is 379 g/mol. The summed E-state index contributed by atoms with van der Waals surface area (Å²) in [6.45, 7) is 2.03. The number of hydrazone groups is 1. The fraction of sp³-hybridized carbons (Fsp3) is 0.0476.